The molecule has 0 aromatic heterocycles. The molecule has 19 heavy (non-hydrogen) atoms. The average molecular weight is 263 g/mol. The molecule has 5 heteroatoms. The Morgan fingerprint density at radius 2 is 2.21 bits per heavy atom. The highest BCUT2D eigenvalue weighted by atomic mass is 16.5. The second-order valence-corrected chi connectivity index (χ2v) is 5.01. The Morgan fingerprint density at radius 3 is 2.95 bits per heavy atom. The third-order valence-electron chi connectivity index (χ3n) is 2.99. The third kappa shape index (κ3) is 3.53. The van der Waals surface area contributed by atoms with Gasteiger partial charge in [-0.25, -0.2) is 0 Å². The number of anilines is 2. The highest BCUT2D eigenvalue weighted by Gasteiger charge is 2.16. The SMILES string of the molecule is CC(C)Oc1cc(N2CCCNC(=O)C2)ccc1N. The number of ether oxygens (including phenoxy) is 1. The van der Waals surface area contributed by atoms with Crippen LogP contribution in [0.1, 0.15) is 20.3 Å². The van der Waals surface area contributed by atoms with E-state index in [-0.39, 0.29) is 12.0 Å². The molecule has 1 aliphatic heterocycles. The number of hydrogen-bond donors (Lipinski definition) is 2. The van der Waals surface area contributed by atoms with Crippen molar-refractivity contribution in [3.63, 3.8) is 0 Å². The van der Waals surface area contributed by atoms with Crippen LogP contribution in [-0.4, -0.2) is 31.6 Å². The lowest BCUT2D eigenvalue weighted by Gasteiger charge is -2.23. The molecule has 1 heterocycles. The lowest BCUT2D eigenvalue weighted by Crippen LogP contribution is -2.33. The van der Waals surface area contributed by atoms with Crippen LogP contribution in [-0.2, 0) is 4.79 Å². The van der Waals surface area contributed by atoms with Crippen LogP contribution < -0.4 is 20.7 Å². The van der Waals surface area contributed by atoms with E-state index in [0.29, 0.717) is 18.0 Å². The Hall–Kier alpha value is -1.91. The van der Waals surface area contributed by atoms with Crippen LogP contribution in [0.25, 0.3) is 0 Å². The van der Waals surface area contributed by atoms with Gasteiger partial charge in [0.25, 0.3) is 0 Å². The number of nitrogens with one attached hydrogen (secondary N) is 1. The van der Waals surface area contributed by atoms with Crippen molar-refractivity contribution in [2.75, 3.05) is 30.3 Å². The van der Waals surface area contributed by atoms with Gasteiger partial charge in [-0.2, -0.15) is 0 Å². The van der Waals surface area contributed by atoms with Gasteiger partial charge in [-0.1, -0.05) is 0 Å². The predicted molar refractivity (Wildman–Crippen MR) is 76.5 cm³/mol. The first-order valence-corrected chi connectivity index (χ1v) is 6.64. The van der Waals surface area contributed by atoms with E-state index >= 15 is 0 Å². The summed E-state index contributed by atoms with van der Waals surface area (Å²) >= 11 is 0. The summed E-state index contributed by atoms with van der Waals surface area (Å²) in [5.41, 5.74) is 7.50. The lowest BCUT2D eigenvalue weighted by molar-refractivity contribution is -0.119. The Morgan fingerprint density at radius 1 is 1.42 bits per heavy atom. The first-order chi connectivity index (χ1) is 9.06. The van der Waals surface area contributed by atoms with Gasteiger partial charge in [-0.15, -0.1) is 0 Å². The first kappa shape index (κ1) is 13.5. The van der Waals surface area contributed by atoms with Gasteiger partial charge in [0.1, 0.15) is 5.75 Å². The van der Waals surface area contributed by atoms with Crippen LogP contribution in [0.5, 0.6) is 5.75 Å². The van der Waals surface area contributed by atoms with Crippen LogP contribution in [0, 0.1) is 0 Å². The van der Waals surface area contributed by atoms with E-state index in [1.165, 1.54) is 0 Å². The zero-order chi connectivity index (χ0) is 13.8. The molecular weight excluding hydrogens is 242 g/mol. The molecule has 1 saturated heterocycles. The standard InChI is InChI=1S/C14H21N3O2/c1-10(2)19-13-8-11(4-5-12(13)15)17-7-3-6-16-14(18)9-17/h4-5,8,10H,3,6-7,9,15H2,1-2H3,(H,16,18). The van der Waals surface area contributed by atoms with Gasteiger partial charge in [0.15, 0.2) is 0 Å². The number of nitrogens with zero attached hydrogens (tertiary/aromatic N) is 1. The quantitative estimate of drug-likeness (QED) is 0.809. The number of rotatable bonds is 3. The maximum absolute atomic E-state index is 11.6. The van der Waals surface area contributed by atoms with Gasteiger partial charge in [0.05, 0.1) is 18.3 Å². The second-order valence-electron chi connectivity index (χ2n) is 5.01. The normalized spacial score (nSPS) is 16.2. The van der Waals surface area contributed by atoms with E-state index in [4.69, 9.17) is 10.5 Å². The minimum absolute atomic E-state index is 0.0562. The van der Waals surface area contributed by atoms with Crippen molar-refractivity contribution in [1.29, 1.82) is 0 Å². The maximum Gasteiger partial charge on any atom is 0.239 e. The molecule has 0 unspecified atom stereocenters. The highest BCUT2D eigenvalue weighted by molar-refractivity contribution is 5.82. The monoisotopic (exact) mass is 263 g/mol. The van der Waals surface area contributed by atoms with Crippen LogP contribution in [0.3, 0.4) is 0 Å². The van der Waals surface area contributed by atoms with Crippen molar-refractivity contribution >= 4 is 17.3 Å². The third-order valence-corrected chi connectivity index (χ3v) is 2.99. The number of nitrogen functional groups attached to an aromatic ring is 1. The number of benzene rings is 1. The molecule has 2 rings (SSSR count). The van der Waals surface area contributed by atoms with Gasteiger partial charge in [0, 0.05) is 24.8 Å². The Bertz CT molecular complexity index is 460. The van der Waals surface area contributed by atoms with Crippen molar-refractivity contribution in [3.8, 4) is 5.75 Å². The first-order valence-electron chi connectivity index (χ1n) is 6.64. The molecule has 0 bridgehead atoms. The molecule has 5 nitrogen and oxygen atoms in total. The molecule has 1 aromatic carbocycles. The molecule has 1 aromatic rings. The van der Waals surface area contributed by atoms with Gasteiger partial charge < -0.3 is 20.7 Å². The zero-order valence-corrected chi connectivity index (χ0v) is 11.5. The molecule has 1 amide bonds. The minimum atomic E-state index is 0.0562. The summed E-state index contributed by atoms with van der Waals surface area (Å²) in [4.78, 5) is 13.6. The van der Waals surface area contributed by atoms with Crippen LogP contribution in [0.2, 0.25) is 0 Å². The number of nitrogens with two attached hydrogens (primary N) is 1. The molecule has 0 aliphatic carbocycles. The number of hydrogen-bond acceptors (Lipinski definition) is 4. The summed E-state index contributed by atoms with van der Waals surface area (Å²) in [6.45, 7) is 5.89. The van der Waals surface area contributed by atoms with E-state index in [0.717, 1.165) is 25.2 Å². The topological polar surface area (TPSA) is 67.6 Å². The molecule has 104 valence electrons. The summed E-state index contributed by atoms with van der Waals surface area (Å²) in [6, 6.07) is 5.67. The number of carbonyl (C=O) groups excluding carboxylic acids is 1. The van der Waals surface area contributed by atoms with Crippen molar-refractivity contribution < 1.29 is 9.53 Å². The van der Waals surface area contributed by atoms with Crippen LogP contribution >= 0.6 is 0 Å². The van der Waals surface area contributed by atoms with Crippen LogP contribution in [0.15, 0.2) is 18.2 Å². The molecule has 0 atom stereocenters. The van der Waals surface area contributed by atoms with Crippen molar-refractivity contribution in [1.82, 2.24) is 5.32 Å². The largest absolute Gasteiger partial charge is 0.489 e. The smallest absolute Gasteiger partial charge is 0.239 e. The number of amides is 1. The molecule has 1 aliphatic rings. The fraction of sp³-hybridized carbons (Fsp3) is 0.500. The van der Waals surface area contributed by atoms with E-state index < -0.39 is 0 Å². The summed E-state index contributed by atoms with van der Waals surface area (Å²) < 4.78 is 5.68. The van der Waals surface area contributed by atoms with E-state index in [2.05, 4.69) is 10.2 Å². The van der Waals surface area contributed by atoms with E-state index in [9.17, 15) is 4.79 Å². The fourth-order valence-corrected chi connectivity index (χ4v) is 2.10. The molecule has 0 saturated carbocycles. The molecule has 1 fully saturated rings. The Kier molecular flexibility index (Phi) is 4.14. The molecule has 0 radical (unpaired) electrons. The van der Waals surface area contributed by atoms with Gasteiger partial charge in [0.2, 0.25) is 5.91 Å². The highest BCUT2D eigenvalue weighted by Crippen LogP contribution is 2.28. The summed E-state index contributed by atoms with van der Waals surface area (Å²) in [5.74, 6) is 0.734. The summed E-state index contributed by atoms with van der Waals surface area (Å²) in [5, 5.41) is 2.87. The number of carbonyl (C=O) groups is 1. The Balaban J connectivity index is 2.21. The average Bonchev–Trinajstić information content (AvgIpc) is 2.56. The van der Waals surface area contributed by atoms with Gasteiger partial charge in [-0.05, 0) is 32.4 Å². The Labute approximate surface area is 113 Å². The van der Waals surface area contributed by atoms with Crippen LogP contribution in [0.4, 0.5) is 11.4 Å². The van der Waals surface area contributed by atoms with Crippen molar-refractivity contribution in [3.05, 3.63) is 18.2 Å². The van der Waals surface area contributed by atoms with Crippen molar-refractivity contribution in [2.24, 2.45) is 0 Å². The molecule has 3 N–H and O–H groups in total. The van der Waals surface area contributed by atoms with E-state index in [1.807, 2.05) is 32.0 Å². The van der Waals surface area contributed by atoms with Gasteiger partial charge in [-0.3, -0.25) is 4.79 Å². The van der Waals surface area contributed by atoms with Crippen molar-refractivity contribution in [2.45, 2.75) is 26.4 Å². The predicted octanol–water partition coefficient (Wildman–Crippen LogP) is 1.38. The minimum Gasteiger partial charge on any atom is -0.489 e. The summed E-state index contributed by atoms with van der Waals surface area (Å²) in [7, 11) is 0. The molecule has 0 spiro atoms. The second kappa shape index (κ2) is 5.82. The van der Waals surface area contributed by atoms with Gasteiger partial charge >= 0.3 is 0 Å². The molecular formula is C14H21N3O2. The maximum atomic E-state index is 11.6. The van der Waals surface area contributed by atoms with E-state index in [1.54, 1.807) is 0 Å². The fourth-order valence-electron chi connectivity index (χ4n) is 2.10. The summed E-state index contributed by atoms with van der Waals surface area (Å²) in [6.07, 6.45) is 1.02. The lowest BCUT2D eigenvalue weighted by atomic mass is 10.2. The zero-order valence-electron chi connectivity index (χ0n) is 11.5.